The van der Waals surface area contributed by atoms with Crippen LogP contribution in [-0.2, 0) is 9.59 Å². The van der Waals surface area contributed by atoms with Gasteiger partial charge in [-0.15, -0.1) is 0 Å². The van der Waals surface area contributed by atoms with Crippen LogP contribution in [0.1, 0.15) is 46.4 Å². The van der Waals surface area contributed by atoms with Crippen molar-refractivity contribution in [1.29, 1.82) is 0 Å². The first kappa shape index (κ1) is 21.2. The summed E-state index contributed by atoms with van der Waals surface area (Å²) in [6, 6.07) is 10.9. The van der Waals surface area contributed by atoms with Gasteiger partial charge in [-0.3, -0.25) is 45.0 Å². The molecule has 1 saturated heterocycles. The Hall–Kier alpha value is -4.08. The van der Waals surface area contributed by atoms with Gasteiger partial charge in [0.1, 0.15) is 0 Å². The van der Waals surface area contributed by atoms with Crippen LogP contribution in [0.3, 0.4) is 0 Å². The van der Waals surface area contributed by atoms with Crippen LogP contribution in [0.15, 0.2) is 48.5 Å². The topological polar surface area (TPSA) is 139 Å². The van der Waals surface area contributed by atoms with E-state index in [1.54, 1.807) is 0 Å². The van der Waals surface area contributed by atoms with Gasteiger partial charge in [0.15, 0.2) is 0 Å². The summed E-state index contributed by atoms with van der Waals surface area (Å²) < 4.78 is 0. The summed E-state index contributed by atoms with van der Waals surface area (Å²) in [7, 11) is 0. The van der Waals surface area contributed by atoms with Gasteiger partial charge in [0.25, 0.3) is 17.5 Å². The SMILES string of the molecule is O=C(NNC(=O)c1ccc([N+](=O)[O-])cc1)c1ccc(N2C(=O)C3CCCCC3C2=O)cc1. The number of carbonyl (C=O) groups is 4. The van der Waals surface area contributed by atoms with Crippen LogP contribution < -0.4 is 15.8 Å². The minimum Gasteiger partial charge on any atom is -0.274 e. The molecule has 1 saturated carbocycles. The minimum atomic E-state index is -0.638. The van der Waals surface area contributed by atoms with Gasteiger partial charge in [-0.05, 0) is 49.2 Å². The maximum atomic E-state index is 12.7. The van der Waals surface area contributed by atoms with Crippen LogP contribution in [0.5, 0.6) is 0 Å². The highest BCUT2D eigenvalue weighted by Crippen LogP contribution is 2.40. The van der Waals surface area contributed by atoms with Gasteiger partial charge >= 0.3 is 0 Å². The number of benzene rings is 2. The molecular weight excluding hydrogens is 416 g/mol. The van der Waals surface area contributed by atoms with E-state index >= 15 is 0 Å². The summed E-state index contributed by atoms with van der Waals surface area (Å²) in [5, 5.41) is 10.7. The maximum absolute atomic E-state index is 12.7. The summed E-state index contributed by atoms with van der Waals surface area (Å²) >= 11 is 0. The van der Waals surface area contributed by atoms with Crippen molar-refractivity contribution in [1.82, 2.24) is 10.9 Å². The number of hydrogen-bond donors (Lipinski definition) is 2. The minimum absolute atomic E-state index is 0.138. The third-order valence-corrected chi connectivity index (χ3v) is 5.86. The summed E-state index contributed by atoms with van der Waals surface area (Å²) in [5.74, 6) is -2.12. The second kappa shape index (κ2) is 8.58. The van der Waals surface area contributed by atoms with E-state index in [1.807, 2.05) is 0 Å². The standard InChI is InChI=1S/C22H20N4O6/c27-19(23-24-20(28)14-7-11-16(12-8-14)26(31)32)13-5-9-15(10-6-13)25-21(29)17-3-1-2-4-18(17)22(25)30/h5-12,17-18H,1-4H2,(H,23,27)(H,24,28). The second-order valence-electron chi connectivity index (χ2n) is 7.77. The number of nitro benzene ring substituents is 1. The molecule has 1 aliphatic heterocycles. The lowest BCUT2D eigenvalue weighted by atomic mass is 9.81. The molecule has 0 bridgehead atoms. The van der Waals surface area contributed by atoms with Gasteiger partial charge in [-0.1, -0.05) is 12.8 Å². The van der Waals surface area contributed by atoms with Gasteiger partial charge in [0.05, 0.1) is 22.4 Å². The zero-order chi connectivity index (χ0) is 22.8. The predicted octanol–water partition coefficient (Wildman–Crippen LogP) is 2.35. The Labute approximate surface area is 182 Å². The Kier molecular flexibility index (Phi) is 5.67. The van der Waals surface area contributed by atoms with Crippen LogP contribution in [0.2, 0.25) is 0 Å². The van der Waals surface area contributed by atoms with Crippen LogP contribution in [0.4, 0.5) is 11.4 Å². The van der Waals surface area contributed by atoms with E-state index in [-0.39, 0.29) is 40.5 Å². The van der Waals surface area contributed by atoms with E-state index in [0.29, 0.717) is 5.69 Å². The lowest BCUT2D eigenvalue weighted by Gasteiger charge is -2.19. The van der Waals surface area contributed by atoms with Crippen molar-refractivity contribution in [2.75, 3.05) is 4.90 Å². The molecule has 2 N–H and O–H groups in total. The molecule has 10 heteroatoms. The molecule has 32 heavy (non-hydrogen) atoms. The molecule has 2 fully saturated rings. The van der Waals surface area contributed by atoms with E-state index in [4.69, 9.17) is 0 Å². The van der Waals surface area contributed by atoms with E-state index in [9.17, 15) is 29.3 Å². The van der Waals surface area contributed by atoms with Gasteiger partial charge in [-0.2, -0.15) is 0 Å². The van der Waals surface area contributed by atoms with E-state index in [0.717, 1.165) is 25.7 Å². The van der Waals surface area contributed by atoms with Crippen molar-refractivity contribution in [2.45, 2.75) is 25.7 Å². The molecule has 0 aromatic heterocycles. The first-order chi connectivity index (χ1) is 15.4. The molecule has 2 aliphatic rings. The monoisotopic (exact) mass is 436 g/mol. The molecule has 4 rings (SSSR count). The third-order valence-electron chi connectivity index (χ3n) is 5.86. The van der Waals surface area contributed by atoms with Crippen molar-refractivity contribution in [3.05, 3.63) is 69.8 Å². The maximum Gasteiger partial charge on any atom is 0.269 e. The van der Waals surface area contributed by atoms with Crippen molar-refractivity contribution in [3.63, 3.8) is 0 Å². The number of nitrogens with one attached hydrogen (secondary N) is 2. The number of carbonyl (C=O) groups excluding carboxylic acids is 4. The summed E-state index contributed by atoms with van der Waals surface area (Å²) in [4.78, 5) is 61.1. The van der Waals surface area contributed by atoms with E-state index < -0.39 is 16.7 Å². The van der Waals surface area contributed by atoms with Crippen molar-refractivity contribution in [2.24, 2.45) is 11.8 Å². The van der Waals surface area contributed by atoms with Gasteiger partial charge in [0, 0.05) is 23.3 Å². The van der Waals surface area contributed by atoms with Gasteiger partial charge < -0.3 is 0 Å². The average molecular weight is 436 g/mol. The highest BCUT2D eigenvalue weighted by molar-refractivity contribution is 6.22. The molecule has 2 unspecified atom stereocenters. The van der Waals surface area contributed by atoms with Gasteiger partial charge in [0.2, 0.25) is 11.8 Å². The molecule has 164 valence electrons. The summed E-state index contributed by atoms with van der Waals surface area (Å²) in [5.41, 5.74) is 5.12. The fourth-order valence-corrected chi connectivity index (χ4v) is 4.17. The van der Waals surface area contributed by atoms with Gasteiger partial charge in [-0.25, -0.2) is 0 Å². The third kappa shape index (κ3) is 3.94. The number of non-ortho nitro benzene ring substituents is 1. The number of rotatable bonds is 4. The Bertz CT molecular complexity index is 1070. The predicted molar refractivity (Wildman–Crippen MR) is 112 cm³/mol. The molecular formula is C22H20N4O6. The lowest BCUT2D eigenvalue weighted by molar-refractivity contribution is -0.384. The van der Waals surface area contributed by atoms with Crippen LogP contribution in [0, 0.1) is 22.0 Å². The molecule has 2 aromatic carbocycles. The molecule has 0 spiro atoms. The lowest BCUT2D eigenvalue weighted by Crippen LogP contribution is -2.41. The normalized spacial score (nSPS) is 19.9. The Morgan fingerprint density at radius 1 is 0.812 bits per heavy atom. The molecule has 2 aromatic rings. The fourth-order valence-electron chi connectivity index (χ4n) is 4.17. The van der Waals surface area contributed by atoms with Crippen molar-refractivity contribution in [3.8, 4) is 0 Å². The largest absolute Gasteiger partial charge is 0.274 e. The Balaban J connectivity index is 1.38. The molecule has 1 heterocycles. The smallest absolute Gasteiger partial charge is 0.269 e. The second-order valence-corrected chi connectivity index (χ2v) is 7.77. The number of fused-ring (bicyclic) bond motifs is 1. The highest BCUT2D eigenvalue weighted by atomic mass is 16.6. The Morgan fingerprint density at radius 2 is 1.25 bits per heavy atom. The molecule has 2 atom stereocenters. The number of anilines is 1. The number of hydrazine groups is 1. The van der Waals surface area contributed by atoms with E-state index in [2.05, 4.69) is 10.9 Å². The number of imide groups is 1. The number of hydrogen-bond acceptors (Lipinski definition) is 6. The van der Waals surface area contributed by atoms with E-state index in [1.165, 1.54) is 53.4 Å². The summed E-state index contributed by atoms with van der Waals surface area (Å²) in [6.45, 7) is 0. The van der Waals surface area contributed by atoms with Crippen LogP contribution in [-0.4, -0.2) is 28.6 Å². The van der Waals surface area contributed by atoms with Crippen molar-refractivity contribution >= 4 is 35.0 Å². The number of nitrogens with zero attached hydrogens (tertiary/aromatic N) is 2. The fraction of sp³-hybridized carbons (Fsp3) is 0.273. The first-order valence-electron chi connectivity index (χ1n) is 10.2. The molecule has 4 amide bonds. The first-order valence-corrected chi connectivity index (χ1v) is 10.2. The molecule has 1 aliphatic carbocycles. The average Bonchev–Trinajstić information content (AvgIpc) is 3.07. The zero-order valence-electron chi connectivity index (χ0n) is 16.9. The Morgan fingerprint density at radius 3 is 1.69 bits per heavy atom. The molecule has 0 radical (unpaired) electrons. The van der Waals surface area contributed by atoms with Crippen LogP contribution >= 0.6 is 0 Å². The molecule has 10 nitrogen and oxygen atoms in total. The zero-order valence-corrected chi connectivity index (χ0v) is 16.9. The van der Waals surface area contributed by atoms with Crippen LogP contribution in [0.25, 0.3) is 0 Å². The quantitative estimate of drug-likeness (QED) is 0.429. The number of nitro groups is 1. The number of amides is 4. The summed E-state index contributed by atoms with van der Waals surface area (Å²) in [6.07, 6.45) is 3.33. The highest BCUT2D eigenvalue weighted by Gasteiger charge is 2.48. The van der Waals surface area contributed by atoms with Crippen molar-refractivity contribution < 1.29 is 24.1 Å².